The van der Waals surface area contributed by atoms with E-state index in [1.165, 1.54) is 42.6 Å². The summed E-state index contributed by atoms with van der Waals surface area (Å²) in [5.41, 5.74) is 3.87. The molecule has 1 fully saturated rings. The summed E-state index contributed by atoms with van der Waals surface area (Å²) < 4.78 is 5.58. The standard InChI is InChI=1S/C21H29N3O/c1-17(19-7-6-10-22-14-19)23(2)15-18-8-9-21(25-3)20(13-18)16-24-11-4-5-12-24/h6-10,13-14,17H,4-5,11-12,15-16H2,1-3H3/t17-/m1/s1. The fourth-order valence-corrected chi connectivity index (χ4v) is 3.54. The summed E-state index contributed by atoms with van der Waals surface area (Å²) in [4.78, 5) is 9.12. The van der Waals surface area contributed by atoms with Gasteiger partial charge in [-0.25, -0.2) is 0 Å². The number of hydrogen-bond donors (Lipinski definition) is 0. The molecule has 0 bridgehead atoms. The van der Waals surface area contributed by atoms with Crippen molar-refractivity contribution in [3.05, 3.63) is 59.4 Å². The maximum Gasteiger partial charge on any atom is 0.123 e. The molecular weight excluding hydrogens is 310 g/mol. The van der Waals surface area contributed by atoms with E-state index in [1.807, 2.05) is 18.5 Å². The molecule has 0 unspecified atom stereocenters. The Hall–Kier alpha value is -1.91. The Morgan fingerprint density at radius 2 is 2.04 bits per heavy atom. The van der Waals surface area contributed by atoms with Crippen LogP contribution in [0.5, 0.6) is 5.75 Å². The van der Waals surface area contributed by atoms with E-state index in [9.17, 15) is 0 Å². The van der Waals surface area contributed by atoms with E-state index in [2.05, 4.69) is 53.0 Å². The number of likely N-dealkylation sites (tertiary alicyclic amines) is 1. The normalized spacial score (nSPS) is 16.3. The van der Waals surface area contributed by atoms with Crippen molar-refractivity contribution in [2.75, 3.05) is 27.2 Å². The lowest BCUT2D eigenvalue weighted by Crippen LogP contribution is -2.22. The van der Waals surface area contributed by atoms with Crippen LogP contribution in [0.1, 0.15) is 42.5 Å². The lowest BCUT2D eigenvalue weighted by molar-refractivity contribution is 0.252. The van der Waals surface area contributed by atoms with Crippen molar-refractivity contribution in [1.29, 1.82) is 0 Å². The van der Waals surface area contributed by atoms with Crippen LogP contribution in [0.4, 0.5) is 0 Å². The molecule has 0 radical (unpaired) electrons. The SMILES string of the molecule is COc1ccc(CN(C)[C@H](C)c2cccnc2)cc1CN1CCCC1. The van der Waals surface area contributed by atoms with E-state index in [1.54, 1.807) is 7.11 Å². The fourth-order valence-electron chi connectivity index (χ4n) is 3.54. The molecule has 25 heavy (non-hydrogen) atoms. The number of hydrogen-bond acceptors (Lipinski definition) is 4. The van der Waals surface area contributed by atoms with Gasteiger partial charge in [-0.3, -0.25) is 14.8 Å². The van der Waals surface area contributed by atoms with Gasteiger partial charge in [0.2, 0.25) is 0 Å². The third-order valence-electron chi connectivity index (χ3n) is 5.20. The van der Waals surface area contributed by atoms with Gasteiger partial charge in [-0.15, -0.1) is 0 Å². The number of aromatic nitrogens is 1. The summed E-state index contributed by atoms with van der Waals surface area (Å²) in [7, 11) is 3.93. The molecule has 3 rings (SSSR count). The van der Waals surface area contributed by atoms with Crippen molar-refractivity contribution in [2.24, 2.45) is 0 Å². The highest BCUT2D eigenvalue weighted by atomic mass is 16.5. The molecule has 1 aliphatic heterocycles. The van der Waals surface area contributed by atoms with Gasteiger partial charge in [-0.1, -0.05) is 12.1 Å². The van der Waals surface area contributed by atoms with E-state index in [0.717, 1.165) is 18.8 Å². The van der Waals surface area contributed by atoms with E-state index >= 15 is 0 Å². The molecular formula is C21H29N3O. The van der Waals surface area contributed by atoms with Crippen molar-refractivity contribution in [3.8, 4) is 5.75 Å². The van der Waals surface area contributed by atoms with Crippen LogP contribution >= 0.6 is 0 Å². The second-order valence-corrected chi connectivity index (χ2v) is 7.01. The molecule has 134 valence electrons. The Bertz CT molecular complexity index is 668. The Morgan fingerprint density at radius 1 is 1.24 bits per heavy atom. The van der Waals surface area contributed by atoms with Crippen LogP contribution in [-0.2, 0) is 13.1 Å². The first-order valence-corrected chi connectivity index (χ1v) is 9.15. The van der Waals surface area contributed by atoms with Crippen molar-refractivity contribution in [1.82, 2.24) is 14.8 Å². The van der Waals surface area contributed by atoms with Gasteiger partial charge in [-0.2, -0.15) is 0 Å². The van der Waals surface area contributed by atoms with Gasteiger partial charge in [0, 0.05) is 37.1 Å². The van der Waals surface area contributed by atoms with Gasteiger partial charge in [0.25, 0.3) is 0 Å². The number of ether oxygens (including phenoxy) is 1. The average molecular weight is 339 g/mol. The van der Waals surface area contributed by atoms with E-state index in [-0.39, 0.29) is 0 Å². The smallest absolute Gasteiger partial charge is 0.123 e. The zero-order valence-corrected chi connectivity index (χ0v) is 15.6. The number of rotatable bonds is 7. The van der Waals surface area contributed by atoms with Gasteiger partial charge in [0.1, 0.15) is 5.75 Å². The number of nitrogens with zero attached hydrogens (tertiary/aromatic N) is 3. The molecule has 0 spiro atoms. The van der Waals surface area contributed by atoms with E-state index < -0.39 is 0 Å². The molecule has 2 aromatic rings. The minimum atomic E-state index is 0.331. The van der Waals surface area contributed by atoms with Crippen molar-refractivity contribution in [3.63, 3.8) is 0 Å². The monoisotopic (exact) mass is 339 g/mol. The van der Waals surface area contributed by atoms with Gasteiger partial charge >= 0.3 is 0 Å². The Labute approximate surface area is 151 Å². The van der Waals surface area contributed by atoms with Crippen molar-refractivity contribution < 1.29 is 4.74 Å². The molecule has 0 N–H and O–H groups in total. The zero-order chi connectivity index (χ0) is 17.6. The highest BCUT2D eigenvalue weighted by Crippen LogP contribution is 2.26. The molecule has 0 saturated carbocycles. The Morgan fingerprint density at radius 3 is 2.72 bits per heavy atom. The predicted molar refractivity (Wildman–Crippen MR) is 102 cm³/mol. The van der Waals surface area contributed by atoms with Crippen molar-refractivity contribution in [2.45, 2.75) is 38.9 Å². The molecule has 1 atom stereocenters. The van der Waals surface area contributed by atoms with Crippen LogP contribution in [0.15, 0.2) is 42.7 Å². The predicted octanol–water partition coefficient (Wildman–Crippen LogP) is 3.88. The minimum Gasteiger partial charge on any atom is -0.496 e. The van der Waals surface area contributed by atoms with Gasteiger partial charge in [0.15, 0.2) is 0 Å². The largest absolute Gasteiger partial charge is 0.496 e. The van der Waals surface area contributed by atoms with Gasteiger partial charge in [-0.05, 0) is 69.2 Å². The highest BCUT2D eigenvalue weighted by Gasteiger charge is 2.16. The number of benzene rings is 1. The first kappa shape index (κ1) is 17.9. The van der Waals surface area contributed by atoms with Crippen LogP contribution in [0, 0.1) is 0 Å². The number of methoxy groups -OCH3 is 1. The maximum absolute atomic E-state index is 5.58. The summed E-state index contributed by atoms with van der Waals surface area (Å²) >= 11 is 0. The molecule has 2 heterocycles. The summed E-state index contributed by atoms with van der Waals surface area (Å²) in [6.45, 7) is 6.52. The fraction of sp³-hybridized carbons (Fsp3) is 0.476. The molecule has 1 aliphatic rings. The van der Waals surface area contributed by atoms with Crippen LogP contribution in [0.25, 0.3) is 0 Å². The molecule has 1 aromatic carbocycles. The number of pyridine rings is 1. The van der Waals surface area contributed by atoms with Crippen LogP contribution in [-0.4, -0.2) is 42.0 Å². The van der Waals surface area contributed by atoms with Crippen LogP contribution < -0.4 is 4.74 Å². The first-order chi connectivity index (χ1) is 12.2. The third kappa shape index (κ3) is 4.59. The third-order valence-corrected chi connectivity index (χ3v) is 5.20. The average Bonchev–Trinajstić information content (AvgIpc) is 3.15. The molecule has 0 aliphatic carbocycles. The molecule has 1 aromatic heterocycles. The quantitative estimate of drug-likeness (QED) is 0.765. The second kappa shape index (κ2) is 8.45. The summed E-state index contributed by atoms with van der Waals surface area (Å²) in [6, 6.07) is 11.1. The summed E-state index contributed by atoms with van der Waals surface area (Å²) in [5, 5.41) is 0. The second-order valence-electron chi connectivity index (χ2n) is 7.01. The van der Waals surface area contributed by atoms with Gasteiger partial charge in [0.05, 0.1) is 7.11 Å². The summed E-state index contributed by atoms with van der Waals surface area (Å²) in [6.07, 6.45) is 6.40. The molecule has 4 nitrogen and oxygen atoms in total. The first-order valence-electron chi connectivity index (χ1n) is 9.15. The molecule has 4 heteroatoms. The highest BCUT2D eigenvalue weighted by molar-refractivity contribution is 5.37. The summed E-state index contributed by atoms with van der Waals surface area (Å²) in [5.74, 6) is 0.999. The van der Waals surface area contributed by atoms with Crippen LogP contribution in [0.3, 0.4) is 0 Å². The minimum absolute atomic E-state index is 0.331. The Balaban J connectivity index is 1.71. The Kier molecular flexibility index (Phi) is 6.05. The molecule has 0 amide bonds. The van der Waals surface area contributed by atoms with Crippen molar-refractivity contribution >= 4 is 0 Å². The maximum atomic E-state index is 5.58. The topological polar surface area (TPSA) is 28.6 Å². The van der Waals surface area contributed by atoms with Gasteiger partial charge < -0.3 is 4.74 Å². The van der Waals surface area contributed by atoms with Crippen LogP contribution in [0.2, 0.25) is 0 Å². The molecule has 1 saturated heterocycles. The zero-order valence-electron chi connectivity index (χ0n) is 15.6. The lowest BCUT2D eigenvalue weighted by Gasteiger charge is -2.25. The van der Waals surface area contributed by atoms with E-state index in [4.69, 9.17) is 4.74 Å². The van der Waals surface area contributed by atoms with E-state index in [0.29, 0.717) is 6.04 Å². The lowest BCUT2D eigenvalue weighted by atomic mass is 10.1.